The van der Waals surface area contributed by atoms with Gasteiger partial charge in [0, 0.05) is 18.6 Å². The van der Waals surface area contributed by atoms with Crippen molar-refractivity contribution in [2.75, 3.05) is 7.05 Å². The first kappa shape index (κ1) is 22.1. The Kier molecular flexibility index (Phi) is 6.63. The molecule has 4 rings (SSSR count). The summed E-state index contributed by atoms with van der Waals surface area (Å²) in [5.74, 6) is -0.0427. The van der Waals surface area contributed by atoms with Crippen molar-refractivity contribution >= 4 is 40.2 Å². The largest absolute Gasteiger partial charge is 0.340 e. The fourth-order valence-electron chi connectivity index (χ4n) is 3.49. The zero-order chi connectivity index (χ0) is 22.7. The Morgan fingerprint density at radius 1 is 1.06 bits per heavy atom. The third-order valence-corrected chi connectivity index (χ3v) is 6.36. The topological polar surface area (TPSA) is 55.2 Å². The maximum atomic E-state index is 13.4. The Morgan fingerprint density at radius 2 is 1.78 bits per heavy atom. The summed E-state index contributed by atoms with van der Waals surface area (Å²) in [5.41, 5.74) is 2.06. The lowest BCUT2D eigenvalue weighted by Crippen LogP contribution is -2.33. The Bertz CT molecular complexity index is 1320. The molecule has 4 aromatic rings. The van der Waals surface area contributed by atoms with E-state index < -0.39 is 5.25 Å². The van der Waals surface area contributed by atoms with Crippen LogP contribution in [0.15, 0.2) is 88.8 Å². The number of hydrogen-bond donors (Lipinski definition) is 0. The van der Waals surface area contributed by atoms with Gasteiger partial charge in [-0.3, -0.25) is 14.2 Å². The average molecular weight is 464 g/mol. The smallest absolute Gasteiger partial charge is 0.266 e. The van der Waals surface area contributed by atoms with Crippen LogP contribution in [-0.2, 0) is 11.3 Å². The van der Waals surface area contributed by atoms with Gasteiger partial charge in [-0.15, -0.1) is 0 Å². The highest BCUT2D eigenvalue weighted by molar-refractivity contribution is 8.00. The van der Waals surface area contributed by atoms with Crippen LogP contribution in [0, 0.1) is 0 Å². The maximum Gasteiger partial charge on any atom is 0.266 e. The number of thioether (sulfide) groups is 1. The Labute approximate surface area is 195 Å². The van der Waals surface area contributed by atoms with E-state index in [0.717, 1.165) is 5.56 Å². The summed E-state index contributed by atoms with van der Waals surface area (Å²) < 4.78 is 1.53. The highest BCUT2D eigenvalue weighted by Crippen LogP contribution is 2.27. The summed E-state index contributed by atoms with van der Waals surface area (Å²) in [4.78, 5) is 32.8. The molecule has 0 aliphatic carbocycles. The average Bonchev–Trinajstić information content (AvgIpc) is 2.79. The van der Waals surface area contributed by atoms with E-state index in [0.29, 0.717) is 33.3 Å². The molecule has 0 aliphatic rings. The van der Waals surface area contributed by atoms with Gasteiger partial charge >= 0.3 is 0 Å². The van der Waals surface area contributed by atoms with Crippen LogP contribution in [-0.4, -0.2) is 32.7 Å². The Morgan fingerprint density at radius 3 is 2.53 bits per heavy atom. The second-order valence-electron chi connectivity index (χ2n) is 7.47. The molecule has 1 amide bonds. The highest BCUT2D eigenvalue weighted by atomic mass is 35.5. The van der Waals surface area contributed by atoms with Crippen LogP contribution in [0.2, 0.25) is 5.02 Å². The number of nitrogens with zero attached hydrogens (tertiary/aromatic N) is 3. The standard InChI is InChI=1S/C25H22ClN3O2S/c1-17(23(30)28(2)16-18-9-4-3-5-10-18)32-25-27-22-14-7-6-13-21(22)24(31)29(25)20-12-8-11-19(26)15-20/h3-15,17H,16H2,1-2H3. The molecule has 0 bridgehead atoms. The molecule has 0 fully saturated rings. The van der Waals surface area contributed by atoms with Gasteiger partial charge in [-0.2, -0.15) is 0 Å². The lowest BCUT2D eigenvalue weighted by Gasteiger charge is -2.22. The molecular formula is C25H22ClN3O2S. The lowest BCUT2D eigenvalue weighted by molar-refractivity contribution is -0.129. The molecule has 7 heteroatoms. The molecule has 0 N–H and O–H groups in total. The number of carbonyl (C=O) groups is 1. The summed E-state index contributed by atoms with van der Waals surface area (Å²) >= 11 is 7.45. The number of hydrogen-bond acceptors (Lipinski definition) is 4. The first-order valence-corrected chi connectivity index (χ1v) is 11.4. The van der Waals surface area contributed by atoms with E-state index in [-0.39, 0.29) is 11.5 Å². The number of para-hydroxylation sites is 1. The first-order chi connectivity index (χ1) is 15.4. The van der Waals surface area contributed by atoms with Crippen LogP contribution < -0.4 is 5.56 Å². The monoisotopic (exact) mass is 463 g/mol. The summed E-state index contributed by atoms with van der Waals surface area (Å²) in [7, 11) is 1.78. The predicted octanol–water partition coefficient (Wildman–Crippen LogP) is 5.18. The SMILES string of the molecule is CC(Sc1nc2ccccc2c(=O)n1-c1cccc(Cl)c1)C(=O)N(C)Cc1ccccc1. The number of rotatable bonds is 6. The van der Waals surface area contributed by atoms with Gasteiger partial charge in [-0.1, -0.05) is 71.9 Å². The van der Waals surface area contributed by atoms with Crippen LogP contribution in [0.25, 0.3) is 16.6 Å². The third kappa shape index (κ3) is 4.71. The minimum Gasteiger partial charge on any atom is -0.340 e. The van der Waals surface area contributed by atoms with Crippen molar-refractivity contribution in [2.45, 2.75) is 23.9 Å². The van der Waals surface area contributed by atoms with Crippen LogP contribution >= 0.6 is 23.4 Å². The second-order valence-corrected chi connectivity index (χ2v) is 9.22. The van der Waals surface area contributed by atoms with E-state index in [4.69, 9.17) is 16.6 Å². The molecule has 1 aromatic heterocycles. The zero-order valence-electron chi connectivity index (χ0n) is 17.7. The summed E-state index contributed by atoms with van der Waals surface area (Å²) in [6, 6.07) is 24.1. The van der Waals surface area contributed by atoms with Gasteiger partial charge in [-0.25, -0.2) is 4.98 Å². The molecular weight excluding hydrogens is 442 g/mol. The lowest BCUT2D eigenvalue weighted by atomic mass is 10.2. The van der Waals surface area contributed by atoms with Crippen molar-refractivity contribution in [1.82, 2.24) is 14.5 Å². The van der Waals surface area contributed by atoms with Crippen molar-refractivity contribution in [1.29, 1.82) is 0 Å². The molecule has 0 spiro atoms. The normalized spacial score (nSPS) is 12.0. The predicted molar refractivity (Wildman–Crippen MR) is 131 cm³/mol. The van der Waals surface area contributed by atoms with E-state index in [1.807, 2.05) is 55.5 Å². The van der Waals surface area contributed by atoms with E-state index in [1.54, 1.807) is 42.3 Å². The van der Waals surface area contributed by atoms with Gasteiger partial charge in [0.25, 0.3) is 5.56 Å². The third-order valence-electron chi connectivity index (χ3n) is 5.08. The number of amides is 1. The van der Waals surface area contributed by atoms with Crippen molar-refractivity contribution in [2.24, 2.45) is 0 Å². The number of aromatic nitrogens is 2. The van der Waals surface area contributed by atoms with Crippen molar-refractivity contribution in [3.63, 3.8) is 0 Å². The molecule has 0 saturated carbocycles. The van der Waals surface area contributed by atoms with Gasteiger partial charge < -0.3 is 4.90 Å². The number of halogens is 1. The van der Waals surface area contributed by atoms with Gasteiger partial charge in [0.15, 0.2) is 5.16 Å². The van der Waals surface area contributed by atoms with E-state index in [2.05, 4.69) is 0 Å². The van der Waals surface area contributed by atoms with Crippen LogP contribution in [0.5, 0.6) is 0 Å². The second kappa shape index (κ2) is 9.59. The molecule has 32 heavy (non-hydrogen) atoms. The molecule has 0 radical (unpaired) electrons. The Hall–Kier alpha value is -3.09. The van der Waals surface area contributed by atoms with Gasteiger partial charge in [0.2, 0.25) is 5.91 Å². The fourth-order valence-corrected chi connectivity index (χ4v) is 4.71. The van der Waals surface area contributed by atoms with Crippen LogP contribution in [0.4, 0.5) is 0 Å². The molecule has 162 valence electrons. The maximum absolute atomic E-state index is 13.4. The number of benzene rings is 3. The molecule has 0 saturated heterocycles. The highest BCUT2D eigenvalue weighted by Gasteiger charge is 2.23. The number of fused-ring (bicyclic) bond motifs is 1. The molecule has 1 atom stereocenters. The van der Waals surface area contributed by atoms with Gasteiger partial charge in [-0.05, 0) is 42.8 Å². The van der Waals surface area contributed by atoms with E-state index in [9.17, 15) is 9.59 Å². The zero-order valence-corrected chi connectivity index (χ0v) is 19.3. The van der Waals surface area contributed by atoms with E-state index >= 15 is 0 Å². The van der Waals surface area contributed by atoms with Crippen molar-refractivity contribution in [3.05, 3.63) is 99.8 Å². The first-order valence-electron chi connectivity index (χ1n) is 10.2. The Balaban J connectivity index is 1.69. The van der Waals surface area contributed by atoms with Gasteiger partial charge in [0.1, 0.15) is 0 Å². The van der Waals surface area contributed by atoms with Crippen molar-refractivity contribution < 1.29 is 4.79 Å². The molecule has 1 heterocycles. The summed E-state index contributed by atoms with van der Waals surface area (Å²) in [5, 5.41) is 1.04. The van der Waals surface area contributed by atoms with Crippen LogP contribution in [0.1, 0.15) is 12.5 Å². The summed E-state index contributed by atoms with van der Waals surface area (Å²) in [6.45, 7) is 2.34. The van der Waals surface area contributed by atoms with Gasteiger partial charge in [0.05, 0.1) is 21.8 Å². The fraction of sp³-hybridized carbons (Fsp3) is 0.160. The minimum atomic E-state index is -0.442. The minimum absolute atomic E-state index is 0.0427. The van der Waals surface area contributed by atoms with E-state index in [1.165, 1.54) is 16.3 Å². The molecule has 1 unspecified atom stereocenters. The van der Waals surface area contributed by atoms with Crippen molar-refractivity contribution in [3.8, 4) is 5.69 Å². The molecule has 3 aromatic carbocycles. The number of carbonyl (C=O) groups excluding carboxylic acids is 1. The molecule has 5 nitrogen and oxygen atoms in total. The summed E-state index contributed by atoms with van der Waals surface area (Å²) in [6.07, 6.45) is 0. The molecule has 0 aliphatic heterocycles. The van der Waals surface area contributed by atoms with Crippen LogP contribution in [0.3, 0.4) is 0 Å². The quantitative estimate of drug-likeness (QED) is 0.292.